The summed E-state index contributed by atoms with van der Waals surface area (Å²) in [4.78, 5) is 18.5. The third-order valence-corrected chi connectivity index (χ3v) is 2.79. The first-order chi connectivity index (χ1) is 9.65. The van der Waals surface area contributed by atoms with E-state index in [1.807, 2.05) is 0 Å². The van der Waals surface area contributed by atoms with Gasteiger partial charge in [-0.25, -0.2) is 9.37 Å². The fourth-order valence-corrected chi connectivity index (χ4v) is 1.76. The Bertz CT molecular complexity index is 575. The maximum absolute atomic E-state index is 12.8. The number of aromatic amines is 1. The lowest BCUT2D eigenvalue weighted by Gasteiger charge is -2.08. The highest BCUT2D eigenvalue weighted by Crippen LogP contribution is 2.24. The monoisotopic (exact) mass is 297 g/mol. The Kier molecular flexibility index (Phi) is 4.95. The van der Waals surface area contributed by atoms with Crippen LogP contribution in [0.3, 0.4) is 0 Å². The lowest BCUT2D eigenvalue weighted by atomic mass is 10.3. The molecule has 20 heavy (non-hydrogen) atoms. The van der Waals surface area contributed by atoms with Gasteiger partial charge in [0, 0.05) is 25.4 Å². The van der Waals surface area contributed by atoms with Gasteiger partial charge in [0.2, 0.25) is 0 Å². The van der Waals surface area contributed by atoms with Crippen molar-refractivity contribution >= 4 is 17.5 Å². The fraction of sp³-hybridized carbons (Fsp3) is 0.231. The van der Waals surface area contributed by atoms with Crippen LogP contribution in [0.5, 0.6) is 5.75 Å². The number of nitrogens with zero attached hydrogens (tertiary/aromatic N) is 1. The summed E-state index contributed by atoms with van der Waals surface area (Å²) in [7, 11) is 0. The molecular formula is C13H13ClFN3O2. The van der Waals surface area contributed by atoms with Crippen LogP contribution >= 0.6 is 11.6 Å². The molecule has 0 saturated heterocycles. The molecule has 0 saturated carbocycles. The Morgan fingerprint density at radius 2 is 2.35 bits per heavy atom. The highest BCUT2D eigenvalue weighted by Gasteiger charge is 2.06. The molecule has 0 aliphatic carbocycles. The molecule has 0 aliphatic heterocycles. The Labute approximate surface area is 120 Å². The molecule has 0 bridgehead atoms. The molecule has 1 aromatic carbocycles. The van der Waals surface area contributed by atoms with E-state index in [0.29, 0.717) is 13.0 Å². The molecule has 0 fully saturated rings. The maximum atomic E-state index is 12.8. The van der Waals surface area contributed by atoms with Crippen LogP contribution in [0.2, 0.25) is 5.02 Å². The van der Waals surface area contributed by atoms with Crippen molar-refractivity contribution in [2.75, 3.05) is 13.2 Å². The third-order valence-electron chi connectivity index (χ3n) is 2.49. The SMILES string of the molecule is O=C(COc1ccc(F)cc1Cl)NCCc1ncc[nH]1. The number of amides is 1. The lowest BCUT2D eigenvalue weighted by molar-refractivity contribution is -0.123. The molecule has 106 valence electrons. The zero-order chi connectivity index (χ0) is 14.4. The number of benzene rings is 1. The minimum absolute atomic E-state index is 0.133. The third kappa shape index (κ3) is 4.24. The highest BCUT2D eigenvalue weighted by atomic mass is 35.5. The van der Waals surface area contributed by atoms with Gasteiger partial charge < -0.3 is 15.0 Å². The maximum Gasteiger partial charge on any atom is 0.257 e. The van der Waals surface area contributed by atoms with E-state index in [1.54, 1.807) is 12.4 Å². The molecule has 1 aromatic heterocycles. The van der Waals surface area contributed by atoms with Crippen molar-refractivity contribution in [3.05, 3.63) is 47.3 Å². The first kappa shape index (κ1) is 14.3. The summed E-state index contributed by atoms with van der Waals surface area (Å²) in [6, 6.07) is 3.73. The Balaban J connectivity index is 1.72. The van der Waals surface area contributed by atoms with Gasteiger partial charge >= 0.3 is 0 Å². The number of aromatic nitrogens is 2. The van der Waals surface area contributed by atoms with Crippen LogP contribution in [0.25, 0.3) is 0 Å². The number of rotatable bonds is 6. The number of imidazole rings is 1. The molecule has 1 heterocycles. The van der Waals surface area contributed by atoms with Crippen molar-refractivity contribution in [2.24, 2.45) is 0 Å². The summed E-state index contributed by atoms with van der Waals surface area (Å²) >= 11 is 5.78. The molecule has 1 amide bonds. The molecule has 0 radical (unpaired) electrons. The second-order valence-corrected chi connectivity index (χ2v) is 4.41. The number of hydrogen-bond donors (Lipinski definition) is 2. The van der Waals surface area contributed by atoms with Crippen molar-refractivity contribution in [2.45, 2.75) is 6.42 Å². The predicted octanol–water partition coefficient (Wildman–Crippen LogP) is 1.94. The Morgan fingerprint density at radius 3 is 3.05 bits per heavy atom. The van der Waals surface area contributed by atoms with E-state index in [9.17, 15) is 9.18 Å². The van der Waals surface area contributed by atoms with Crippen molar-refractivity contribution in [3.8, 4) is 5.75 Å². The average Bonchev–Trinajstić information content (AvgIpc) is 2.91. The molecule has 7 heteroatoms. The molecule has 0 spiro atoms. The topological polar surface area (TPSA) is 67.0 Å². The second-order valence-electron chi connectivity index (χ2n) is 4.00. The number of halogens is 2. The van der Waals surface area contributed by atoms with Gasteiger partial charge in [0.05, 0.1) is 5.02 Å². The summed E-state index contributed by atoms with van der Waals surface area (Å²) < 4.78 is 18.0. The van der Waals surface area contributed by atoms with Crippen LogP contribution in [-0.2, 0) is 11.2 Å². The number of ether oxygens (including phenoxy) is 1. The fourth-order valence-electron chi connectivity index (χ4n) is 1.54. The Morgan fingerprint density at radius 1 is 1.50 bits per heavy atom. The van der Waals surface area contributed by atoms with Crippen LogP contribution in [0.15, 0.2) is 30.6 Å². The lowest BCUT2D eigenvalue weighted by Crippen LogP contribution is -2.30. The van der Waals surface area contributed by atoms with Gasteiger partial charge in [-0.3, -0.25) is 4.79 Å². The van der Waals surface area contributed by atoms with Crippen LogP contribution in [0.1, 0.15) is 5.82 Å². The van der Waals surface area contributed by atoms with Gasteiger partial charge in [0.1, 0.15) is 17.4 Å². The van der Waals surface area contributed by atoms with E-state index in [1.165, 1.54) is 12.1 Å². The summed E-state index contributed by atoms with van der Waals surface area (Å²) in [6.45, 7) is 0.274. The van der Waals surface area contributed by atoms with E-state index in [4.69, 9.17) is 16.3 Å². The van der Waals surface area contributed by atoms with Crippen LogP contribution in [-0.4, -0.2) is 29.0 Å². The standard InChI is InChI=1S/C13H13ClFN3O2/c14-10-7-9(15)1-2-11(10)20-8-13(19)18-4-3-12-16-5-6-17-12/h1-2,5-7H,3-4,8H2,(H,16,17)(H,18,19). The molecule has 0 unspecified atom stereocenters. The molecule has 5 nitrogen and oxygen atoms in total. The number of H-pyrrole nitrogens is 1. The van der Waals surface area contributed by atoms with Gasteiger partial charge in [-0.2, -0.15) is 0 Å². The molecule has 2 rings (SSSR count). The molecule has 0 aliphatic rings. The summed E-state index contributed by atoms with van der Waals surface area (Å²) in [5.41, 5.74) is 0. The zero-order valence-electron chi connectivity index (χ0n) is 10.5. The summed E-state index contributed by atoms with van der Waals surface area (Å²) in [6.07, 6.45) is 3.98. The van der Waals surface area contributed by atoms with Crippen molar-refractivity contribution in [3.63, 3.8) is 0 Å². The van der Waals surface area contributed by atoms with Crippen molar-refractivity contribution < 1.29 is 13.9 Å². The summed E-state index contributed by atoms with van der Waals surface area (Å²) in [5.74, 6) is 0.337. The summed E-state index contributed by atoms with van der Waals surface area (Å²) in [5, 5.41) is 2.81. The van der Waals surface area contributed by atoms with Crippen LogP contribution in [0, 0.1) is 5.82 Å². The van der Waals surface area contributed by atoms with Gasteiger partial charge in [-0.05, 0) is 18.2 Å². The quantitative estimate of drug-likeness (QED) is 0.856. The van der Waals surface area contributed by atoms with Gasteiger partial charge in [0.25, 0.3) is 5.91 Å². The van der Waals surface area contributed by atoms with Gasteiger partial charge in [-0.15, -0.1) is 0 Å². The van der Waals surface area contributed by atoms with Crippen LogP contribution < -0.4 is 10.1 Å². The van der Waals surface area contributed by atoms with E-state index < -0.39 is 5.82 Å². The van der Waals surface area contributed by atoms with E-state index >= 15 is 0 Å². The van der Waals surface area contributed by atoms with Gasteiger partial charge in [0.15, 0.2) is 6.61 Å². The predicted molar refractivity (Wildman–Crippen MR) is 72.2 cm³/mol. The number of hydrogen-bond acceptors (Lipinski definition) is 3. The Hall–Kier alpha value is -2.08. The molecule has 2 N–H and O–H groups in total. The number of carbonyl (C=O) groups is 1. The number of nitrogens with one attached hydrogen (secondary N) is 2. The number of carbonyl (C=O) groups excluding carboxylic acids is 1. The first-order valence-corrected chi connectivity index (χ1v) is 6.36. The van der Waals surface area contributed by atoms with Gasteiger partial charge in [-0.1, -0.05) is 11.6 Å². The molecule has 2 aromatic rings. The normalized spacial score (nSPS) is 10.3. The van der Waals surface area contributed by atoms with E-state index in [2.05, 4.69) is 15.3 Å². The average molecular weight is 298 g/mol. The zero-order valence-corrected chi connectivity index (χ0v) is 11.3. The van der Waals surface area contributed by atoms with E-state index in [-0.39, 0.29) is 23.3 Å². The van der Waals surface area contributed by atoms with Crippen LogP contribution in [0.4, 0.5) is 4.39 Å². The van der Waals surface area contributed by atoms with E-state index in [0.717, 1.165) is 11.9 Å². The van der Waals surface area contributed by atoms with Crippen molar-refractivity contribution in [1.82, 2.24) is 15.3 Å². The smallest absolute Gasteiger partial charge is 0.257 e. The second kappa shape index (κ2) is 6.91. The molecule has 0 atom stereocenters. The largest absolute Gasteiger partial charge is 0.482 e. The van der Waals surface area contributed by atoms with Crippen molar-refractivity contribution in [1.29, 1.82) is 0 Å². The first-order valence-electron chi connectivity index (χ1n) is 5.98. The minimum Gasteiger partial charge on any atom is -0.482 e. The molecular weight excluding hydrogens is 285 g/mol. The minimum atomic E-state index is -0.453. The highest BCUT2D eigenvalue weighted by molar-refractivity contribution is 6.32.